The Labute approximate surface area is 117 Å². The molecule has 104 valence electrons. The Bertz CT molecular complexity index is 739. The third kappa shape index (κ3) is 2.24. The minimum Gasteiger partial charge on any atom is -0.349 e. The molecule has 0 atom stereocenters. The van der Waals surface area contributed by atoms with Crippen LogP contribution in [-0.2, 0) is 20.0 Å². The second-order valence-corrected chi connectivity index (χ2v) is 4.88. The van der Waals surface area contributed by atoms with Crippen molar-refractivity contribution in [1.82, 2.24) is 24.4 Å². The average molecular weight is 270 g/mol. The standard InChI is InChI=1S/C14H18N6/c1-4-12-11(9-19(3)17-12)8-15-14-16-13-10(2)6-5-7-20(13)18-14/h5-7,9H,4,8H2,1-3H3,(H,15,18). The van der Waals surface area contributed by atoms with Crippen LogP contribution in [0.4, 0.5) is 5.95 Å². The van der Waals surface area contributed by atoms with Crippen LogP contribution in [0.2, 0.25) is 0 Å². The molecule has 0 saturated heterocycles. The van der Waals surface area contributed by atoms with E-state index in [0.29, 0.717) is 12.5 Å². The Kier molecular flexibility index (Phi) is 3.14. The van der Waals surface area contributed by atoms with E-state index in [1.807, 2.05) is 43.2 Å². The van der Waals surface area contributed by atoms with Crippen molar-refractivity contribution in [2.45, 2.75) is 26.8 Å². The quantitative estimate of drug-likeness (QED) is 0.787. The highest BCUT2D eigenvalue weighted by Gasteiger charge is 2.08. The van der Waals surface area contributed by atoms with Crippen LogP contribution in [0.25, 0.3) is 5.65 Å². The monoisotopic (exact) mass is 270 g/mol. The van der Waals surface area contributed by atoms with Crippen molar-refractivity contribution in [3.63, 3.8) is 0 Å². The highest BCUT2D eigenvalue weighted by molar-refractivity contribution is 5.49. The molecule has 0 amide bonds. The zero-order chi connectivity index (χ0) is 14.1. The molecule has 0 aromatic carbocycles. The van der Waals surface area contributed by atoms with E-state index in [9.17, 15) is 0 Å². The first-order valence-corrected chi connectivity index (χ1v) is 6.74. The first-order valence-electron chi connectivity index (χ1n) is 6.74. The molecule has 1 N–H and O–H groups in total. The number of rotatable bonds is 4. The summed E-state index contributed by atoms with van der Waals surface area (Å²) < 4.78 is 3.64. The number of aromatic nitrogens is 5. The summed E-state index contributed by atoms with van der Waals surface area (Å²) in [4.78, 5) is 4.50. The Balaban J connectivity index is 1.81. The van der Waals surface area contributed by atoms with Gasteiger partial charge < -0.3 is 5.32 Å². The lowest BCUT2D eigenvalue weighted by Gasteiger charge is -2.00. The molecule has 20 heavy (non-hydrogen) atoms. The molecule has 3 aromatic heterocycles. The number of hydrogen-bond donors (Lipinski definition) is 1. The molecular formula is C14H18N6. The van der Waals surface area contributed by atoms with E-state index < -0.39 is 0 Å². The van der Waals surface area contributed by atoms with Crippen molar-refractivity contribution in [2.75, 3.05) is 5.32 Å². The fourth-order valence-electron chi connectivity index (χ4n) is 2.32. The molecule has 0 bridgehead atoms. The molecule has 6 heteroatoms. The summed E-state index contributed by atoms with van der Waals surface area (Å²) in [6, 6.07) is 4.00. The summed E-state index contributed by atoms with van der Waals surface area (Å²) in [6.07, 6.45) is 4.87. The van der Waals surface area contributed by atoms with Crippen LogP contribution in [0.15, 0.2) is 24.5 Å². The van der Waals surface area contributed by atoms with Crippen molar-refractivity contribution in [3.05, 3.63) is 41.3 Å². The zero-order valence-electron chi connectivity index (χ0n) is 12.0. The molecule has 0 aliphatic carbocycles. The Morgan fingerprint density at radius 1 is 1.30 bits per heavy atom. The number of fused-ring (bicyclic) bond motifs is 1. The van der Waals surface area contributed by atoms with Gasteiger partial charge >= 0.3 is 0 Å². The first kappa shape index (κ1) is 12.7. The molecule has 0 radical (unpaired) electrons. The van der Waals surface area contributed by atoms with Gasteiger partial charge in [-0.3, -0.25) is 4.68 Å². The number of aryl methyl sites for hydroxylation is 3. The van der Waals surface area contributed by atoms with Crippen LogP contribution in [0.5, 0.6) is 0 Å². The normalized spacial score (nSPS) is 11.2. The highest BCUT2D eigenvalue weighted by Crippen LogP contribution is 2.12. The zero-order valence-corrected chi connectivity index (χ0v) is 12.0. The topological polar surface area (TPSA) is 60.0 Å². The van der Waals surface area contributed by atoms with Gasteiger partial charge in [0.25, 0.3) is 0 Å². The lowest BCUT2D eigenvalue weighted by molar-refractivity contribution is 0.746. The summed E-state index contributed by atoms with van der Waals surface area (Å²) in [5.74, 6) is 0.644. The number of pyridine rings is 1. The molecule has 0 unspecified atom stereocenters. The predicted octanol–water partition coefficient (Wildman–Crippen LogP) is 1.95. The van der Waals surface area contributed by atoms with Gasteiger partial charge in [-0.1, -0.05) is 13.0 Å². The smallest absolute Gasteiger partial charge is 0.243 e. The lowest BCUT2D eigenvalue weighted by atomic mass is 10.2. The van der Waals surface area contributed by atoms with Crippen LogP contribution in [0.3, 0.4) is 0 Å². The number of hydrogen-bond acceptors (Lipinski definition) is 4. The summed E-state index contributed by atoms with van der Waals surface area (Å²) in [6.45, 7) is 4.83. The molecule has 0 aliphatic heterocycles. The minimum absolute atomic E-state index is 0.644. The maximum absolute atomic E-state index is 4.50. The number of anilines is 1. The molecule has 3 aromatic rings. The van der Waals surface area contributed by atoms with Crippen LogP contribution >= 0.6 is 0 Å². The van der Waals surface area contributed by atoms with Crippen LogP contribution in [-0.4, -0.2) is 24.4 Å². The maximum Gasteiger partial charge on any atom is 0.243 e. The van der Waals surface area contributed by atoms with Crippen molar-refractivity contribution >= 4 is 11.6 Å². The predicted molar refractivity (Wildman–Crippen MR) is 77.6 cm³/mol. The van der Waals surface area contributed by atoms with Gasteiger partial charge in [-0.2, -0.15) is 10.1 Å². The van der Waals surface area contributed by atoms with E-state index >= 15 is 0 Å². The molecule has 0 spiro atoms. The van der Waals surface area contributed by atoms with Gasteiger partial charge in [0.05, 0.1) is 5.69 Å². The first-order chi connectivity index (χ1) is 9.67. The Morgan fingerprint density at radius 2 is 2.15 bits per heavy atom. The van der Waals surface area contributed by atoms with Gasteiger partial charge in [0.2, 0.25) is 5.95 Å². The third-order valence-corrected chi connectivity index (χ3v) is 3.32. The molecule has 0 aliphatic rings. The molecule has 0 saturated carbocycles. The van der Waals surface area contributed by atoms with Crippen LogP contribution in [0.1, 0.15) is 23.7 Å². The number of nitrogens with zero attached hydrogens (tertiary/aromatic N) is 5. The Morgan fingerprint density at radius 3 is 2.90 bits per heavy atom. The average Bonchev–Trinajstić information content (AvgIpc) is 3.00. The van der Waals surface area contributed by atoms with Crippen molar-refractivity contribution in [3.8, 4) is 0 Å². The fraction of sp³-hybridized carbons (Fsp3) is 0.357. The molecule has 6 nitrogen and oxygen atoms in total. The summed E-state index contributed by atoms with van der Waals surface area (Å²) in [5.41, 5.74) is 4.30. The lowest BCUT2D eigenvalue weighted by Crippen LogP contribution is -2.02. The van der Waals surface area contributed by atoms with Gasteiger partial charge in [0.15, 0.2) is 5.65 Å². The summed E-state index contributed by atoms with van der Waals surface area (Å²) in [5, 5.41) is 12.1. The summed E-state index contributed by atoms with van der Waals surface area (Å²) in [7, 11) is 1.94. The van der Waals surface area contributed by atoms with E-state index in [1.54, 1.807) is 4.52 Å². The van der Waals surface area contributed by atoms with E-state index in [1.165, 1.54) is 5.56 Å². The SMILES string of the molecule is CCc1nn(C)cc1CNc1nc2c(C)cccn2n1. The molecule has 0 fully saturated rings. The van der Waals surface area contributed by atoms with E-state index in [0.717, 1.165) is 23.3 Å². The highest BCUT2D eigenvalue weighted by atomic mass is 15.3. The van der Waals surface area contributed by atoms with E-state index in [2.05, 4.69) is 27.4 Å². The molecule has 3 rings (SSSR count). The van der Waals surface area contributed by atoms with E-state index in [4.69, 9.17) is 0 Å². The molecule has 3 heterocycles. The largest absolute Gasteiger partial charge is 0.349 e. The van der Waals surface area contributed by atoms with Crippen LogP contribution < -0.4 is 5.32 Å². The fourth-order valence-corrected chi connectivity index (χ4v) is 2.32. The van der Waals surface area contributed by atoms with Gasteiger partial charge in [0, 0.05) is 31.5 Å². The molecular weight excluding hydrogens is 252 g/mol. The second-order valence-electron chi connectivity index (χ2n) is 4.88. The third-order valence-electron chi connectivity index (χ3n) is 3.32. The Hall–Kier alpha value is -2.37. The minimum atomic E-state index is 0.644. The van der Waals surface area contributed by atoms with Gasteiger partial charge in [-0.05, 0) is 25.0 Å². The van der Waals surface area contributed by atoms with E-state index in [-0.39, 0.29) is 0 Å². The van der Waals surface area contributed by atoms with Crippen molar-refractivity contribution < 1.29 is 0 Å². The van der Waals surface area contributed by atoms with Gasteiger partial charge in [-0.15, -0.1) is 5.10 Å². The van der Waals surface area contributed by atoms with Crippen molar-refractivity contribution in [2.24, 2.45) is 7.05 Å². The van der Waals surface area contributed by atoms with Crippen molar-refractivity contribution in [1.29, 1.82) is 0 Å². The van der Waals surface area contributed by atoms with Crippen LogP contribution in [0, 0.1) is 6.92 Å². The maximum atomic E-state index is 4.50. The van der Waals surface area contributed by atoms with Gasteiger partial charge in [0.1, 0.15) is 0 Å². The van der Waals surface area contributed by atoms with Gasteiger partial charge in [-0.25, -0.2) is 4.52 Å². The summed E-state index contributed by atoms with van der Waals surface area (Å²) >= 11 is 0. The number of nitrogens with one attached hydrogen (secondary N) is 1. The second kappa shape index (κ2) is 4.96.